The lowest BCUT2D eigenvalue weighted by atomic mass is 9.92. The van der Waals surface area contributed by atoms with Gasteiger partial charge in [-0.1, -0.05) is 41.4 Å². The van der Waals surface area contributed by atoms with Crippen LogP contribution in [0.1, 0.15) is 37.0 Å². The highest BCUT2D eigenvalue weighted by Gasteiger charge is 2.27. The maximum atomic E-state index is 12.2. The number of amides is 1. The molecule has 0 atom stereocenters. The van der Waals surface area contributed by atoms with Crippen LogP contribution in [0.25, 0.3) is 0 Å². The van der Waals surface area contributed by atoms with Gasteiger partial charge in [0, 0.05) is 11.0 Å². The van der Waals surface area contributed by atoms with Crippen LogP contribution in [-0.4, -0.2) is 18.0 Å². The third kappa shape index (κ3) is 4.63. The van der Waals surface area contributed by atoms with Crippen molar-refractivity contribution in [1.82, 2.24) is 5.32 Å². The molecule has 0 bridgehead atoms. The number of halogens is 3. The van der Waals surface area contributed by atoms with Crippen LogP contribution in [-0.2, 0) is 0 Å². The Kier molecular flexibility index (Phi) is 7.98. The smallest absolute Gasteiger partial charge is 0.253 e. The molecule has 108 valence electrons. The van der Waals surface area contributed by atoms with Gasteiger partial charge in [0.15, 0.2) is 0 Å². The number of carbonyl (C=O) groups is 1. The molecular formula is C13H19BrCl2N2O. The fourth-order valence-electron chi connectivity index (χ4n) is 1.75. The molecule has 19 heavy (non-hydrogen) atoms. The molecule has 0 saturated carbocycles. The van der Waals surface area contributed by atoms with Crippen LogP contribution in [0.2, 0.25) is 5.02 Å². The van der Waals surface area contributed by atoms with E-state index in [-0.39, 0.29) is 23.9 Å². The highest BCUT2D eigenvalue weighted by Crippen LogP contribution is 2.22. The summed E-state index contributed by atoms with van der Waals surface area (Å²) in [6.07, 6.45) is 1.58. The Hall–Kier alpha value is -0.290. The average Bonchev–Trinajstić information content (AvgIpc) is 2.36. The normalized spacial score (nSPS) is 10.8. The predicted molar refractivity (Wildman–Crippen MR) is 86.2 cm³/mol. The Bertz CT molecular complexity index is 428. The molecule has 1 aromatic carbocycles. The standard InChI is InChI=1S/C13H18BrClN2O.ClH/c1-3-13(4-2,8-16)17-12(18)10-6-5-9(14)7-11(10)15;/h5-7H,3-4,8,16H2,1-2H3,(H,17,18);1H. The highest BCUT2D eigenvalue weighted by molar-refractivity contribution is 9.10. The third-order valence-corrected chi connectivity index (χ3v) is 4.10. The molecule has 0 spiro atoms. The molecule has 0 aliphatic carbocycles. The summed E-state index contributed by atoms with van der Waals surface area (Å²) >= 11 is 9.37. The van der Waals surface area contributed by atoms with E-state index < -0.39 is 0 Å². The Morgan fingerprint density at radius 3 is 2.42 bits per heavy atom. The highest BCUT2D eigenvalue weighted by atomic mass is 79.9. The summed E-state index contributed by atoms with van der Waals surface area (Å²) in [6, 6.07) is 5.20. The molecular weight excluding hydrogens is 351 g/mol. The van der Waals surface area contributed by atoms with Gasteiger partial charge in [-0.15, -0.1) is 12.4 Å². The van der Waals surface area contributed by atoms with Gasteiger partial charge in [0.25, 0.3) is 5.91 Å². The van der Waals surface area contributed by atoms with Crippen molar-refractivity contribution in [1.29, 1.82) is 0 Å². The van der Waals surface area contributed by atoms with E-state index in [1.165, 1.54) is 0 Å². The number of nitrogens with one attached hydrogen (secondary N) is 1. The number of hydrogen-bond acceptors (Lipinski definition) is 2. The first-order chi connectivity index (χ1) is 8.48. The van der Waals surface area contributed by atoms with Gasteiger partial charge in [-0.2, -0.15) is 0 Å². The van der Waals surface area contributed by atoms with Crippen molar-refractivity contribution in [2.75, 3.05) is 6.54 Å². The summed E-state index contributed by atoms with van der Waals surface area (Å²) in [7, 11) is 0. The molecule has 1 rings (SSSR count). The van der Waals surface area contributed by atoms with Crippen molar-refractivity contribution in [3.63, 3.8) is 0 Å². The fraction of sp³-hybridized carbons (Fsp3) is 0.462. The summed E-state index contributed by atoms with van der Waals surface area (Å²) in [5.74, 6) is -0.179. The first kappa shape index (κ1) is 18.7. The van der Waals surface area contributed by atoms with Gasteiger partial charge in [0.2, 0.25) is 0 Å². The lowest BCUT2D eigenvalue weighted by Crippen LogP contribution is -2.52. The molecule has 0 radical (unpaired) electrons. The van der Waals surface area contributed by atoms with Crippen molar-refractivity contribution in [3.05, 3.63) is 33.3 Å². The molecule has 0 aliphatic rings. The molecule has 1 aromatic rings. The minimum absolute atomic E-state index is 0. The van der Waals surface area contributed by atoms with Gasteiger partial charge >= 0.3 is 0 Å². The molecule has 6 heteroatoms. The quantitative estimate of drug-likeness (QED) is 0.829. The monoisotopic (exact) mass is 368 g/mol. The second-order valence-electron chi connectivity index (χ2n) is 4.27. The average molecular weight is 370 g/mol. The second kappa shape index (κ2) is 8.10. The molecule has 0 unspecified atom stereocenters. The summed E-state index contributed by atoms with van der Waals surface area (Å²) in [5, 5.41) is 3.42. The first-order valence-electron chi connectivity index (χ1n) is 5.95. The summed E-state index contributed by atoms with van der Waals surface area (Å²) in [4.78, 5) is 12.2. The van der Waals surface area contributed by atoms with E-state index in [0.717, 1.165) is 17.3 Å². The van der Waals surface area contributed by atoms with Crippen molar-refractivity contribution in [2.24, 2.45) is 5.73 Å². The fourth-order valence-corrected chi connectivity index (χ4v) is 2.51. The van der Waals surface area contributed by atoms with E-state index in [9.17, 15) is 4.79 Å². The van der Waals surface area contributed by atoms with E-state index in [1.54, 1.807) is 18.2 Å². The van der Waals surface area contributed by atoms with Crippen molar-refractivity contribution in [3.8, 4) is 0 Å². The van der Waals surface area contributed by atoms with Gasteiger partial charge < -0.3 is 11.1 Å². The van der Waals surface area contributed by atoms with Crippen LogP contribution in [0, 0.1) is 0 Å². The summed E-state index contributed by atoms with van der Waals surface area (Å²) in [5.41, 5.74) is 5.88. The number of carbonyl (C=O) groups excluding carboxylic acids is 1. The van der Waals surface area contributed by atoms with Crippen LogP contribution in [0.5, 0.6) is 0 Å². The predicted octanol–water partition coefficient (Wildman–Crippen LogP) is 3.77. The number of rotatable bonds is 5. The van der Waals surface area contributed by atoms with E-state index in [1.807, 2.05) is 13.8 Å². The van der Waals surface area contributed by atoms with Crippen LogP contribution in [0.3, 0.4) is 0 Å². The Balaban J connectivity index is 0.00000324. The van der Waals surface area contributed by atoms with E-state index >= 15 is 0 Å². The molecule has 3 N–H and O–H groups in total. The second-order valence-corrected chi connectivity index (χ2v) is 5.59. The largest absolute Gasteiger partial charge is 0.345 e. The maximum Gasteiger partial charge on any atom is 0.253 e. The van der Waals surface area contributed by atoms with Crippen LogP contribution < -0.4 is 11.1 Å². The summed E-state index contributed by atoms with van der Waals surface area (Å²) < 4.78 is 0.847. The zero-order valence-corrected chi connectivity index (χ0v) is 14.2. The Morgan fingerprint density at radius 1 is 1.42 bits per heavy atom. The van der Waals surface area contributed by atoms with Gasteiger partial charge in [-0.25, -0.2) is 0 Å². The van der Waals surface area contributed by atoms with E-state index in [0.29, 0.717) is 17.1 Å². The van der Waals surface area contributed by atoms with Gasteiger partial charge in [0.05, 0.1) is 16.1 Å². The molecule has 0 saturated heterocycles. The molecule has 0 fully saturated rings. The number of nitrogens with two attached hydrogens (primary N) is 1. The summed E-state index contributed by atoms with van der Waals surface area (Å²) in [6.45, 7) is 4.44. The number of hydrogen-bond donors (Lipinski definition) is 2. The van der Waals surface area contributed by atoms with Crippen molar-refractivity contribution < 1.29 is 4.79 Å². The molecule has 0 aromatic heterocycles. The minimum Gasteiger partial charge on any atom is -0.345 e. The van der Waals surface area contributed by atoms with Crippen LogP contribution in [0.4, 0.5) is 0 Å². The molecule has 1 amide bonds. The Morgan fingerprint density at radius 2 is 2.00 bits per heavy atom. The zero-order valence-electron chi connectivity index (χ0n) is 11.0. The van der Waals surface area contributed by atoms with E-state index in [4.69, 9.17) is 17.3 Å². The number of benzene rings is 1. The molecule has 0 aliphatic heterocycles. The lowest BCUT2D eigenvalue weighted by Gasteiger charge is -2.31. The Labute approximate surface area is 133 Å². The van der Waals surface area contributed by atoms with Crippen LogP contribution in [0.15, 0.2) is 22.7 Å². The minimum atomic E-state index is -0.354. The molecule has 0 heterocycles. The lowest BCUT2D eigenvalue weighted by molar-refractivity contribution is 0.0895. The SMILES string of the molecule is CCC(CC)(CN)NC(=O)c1ccc(Br)cc1Cl.Cl. The van der Waals surface area contributed by atoms with E-state index in [2.05, 4.69) is 21.2 Å². The van der Waals surface area contributed by atoms with Gasteiger partial charge in [0.1, 0.15) is 0 Å². The zero-order chi connectivity index (χ0) is 13.8. The topological polar surface area (TPSA) is 55.1 Å². The van der Waals surface area contributed by atoms with Gasteiger partial charge in [-0.3, -0.25) is 4.79 Å². The van der Waals surface area contributed by atoms with Crippen LogP contribution >= 0.6 is 39.9 Å². The van der Waals surface area contributed by atoms with Crippen molar-refractivity contribution in [2.45, 2.75) is 32.2 Å². The first-order valence-corrected chi connectivity index (χ1v) is 7.12. The molecule has 3 nitrogen and oxygen atoms in total. The maximum absolute atomic E-state index is 12.2. The third-order valence-electron chi connectivity index (χ3n) is 3.30. The van der Waals surface area contributed by atoms with Gasteiger partial charge in [-0.05, 0) is 31.0 Å². The van der Waals surface area contributed by atoms with Crippen molar-refractivity contribution >= 4 is 45.8 Å².